The molecule has 1 aliphatic heterocycles. The summed E-state index contributed by atoms with van der Waals surface area (Å²) in [5.74, 6) is 0.583. The third-order valence-electron chi connectivity index (χ3n) is 5.43. The number of aromatic nitrogens is 3. The highest BCUT2D eigenvalue weighted by Crippen LogP contribution is 2.24. The molecule has 0 spiro atoms. The van der Waals surface area contributed by atoms with Gasteiger partial charge in [-0.15, -0.1) is 0 Å². The standard InChI is InChI=1S/C24H26N4O2/c1-30-18-19-11-14-27(15-12-19)23(29)10-9-21-17-28(22-7-3-2-4-8-22)26-24(21)20-6-5-13-25-16-20/h2-10,13,16-17,19H,11-12,14-15,18H2,1H3. The highest BCUT2D eigenvalue weighted by molar-refractivity contribution is 5.93. The molecule has 1 aromatic carbocycles. The first-order chi connectivity index (χ1) is 14.7. The quantitative estimate of drug-likeness (QED) is 0.588. The predicted octanol–water partition coefficient (Wildman–Crippen LogP) is 3.83. The normalized spacial score (nSPS) is 15.0. The van der Waals surface area contributed by atoms with E-state index in [1.165, 1.54) is 0 Å². The van der Waals surface area contributed by atoms with Gasteiger partial charge in [0.1, 0.15) is 5.69 Å². The van der Waals surface area contributed by atoms with E-state index < -0.39 is 0 Å². The molecule has 3 heterocycles. The van der Waals surface area contributed by atoms with Gasteiger partial charge in [0.05, 0.1) is 5.69 Å². The zero-order valence-electron chi connectivity index (χ0n) is 17.1. The molecule has 3 aromatic rings. The number of ether oxygens (including phenoxy) is 1. The maximum atomic E-state index is 12.7. The molecule has 1 saturated heterocycles. The van der Waals surface area contributed by atoms with Gasteiger partial charge in [-0.2, -0.15) is 5.10 Å². The van der Waals surface area contributed by atoms with Crippen molar-refractivity contribution < 1.29 is 9.53 Å². The van der Waals surface area contributed by atoms with Gasteiger partial charge in [0.25, 0.3) is 0 Å². The van der Waals surface area contributed by atoms with Gasteiger partial charge in [-0.25, -0.2) is 4.68 Å². The van der Waals surface area contributed by atoms with E-state index in [0.29, 0.717) is 5.92 Å². The molecule has 154 valence electrons. The monoisotopic (exact) mass is 402 g/mol. The van der Waals surface area contributed by atoms with Gasteiger partial charge in [0, 0.05) is 62.6 Å². The van der Waals surface area contributed by atoms with Crippen LogP contribution in [0.2, 0.25) is 0 Å². The molecule has 0 atom stereocenters. The number of piperidine rings is 1. The van der Waals surface area contributed by atoms with Gasteiger partial charge in [0.2, 0.25) is 5.91 Å². The van der Waals surface area contributed by atoms with Crippen molar-refractivity contribution >= 4 is 12.0 Å². The topological polar surface area (TPSA) is 60.2 Å². The Labute approximate surface area is 176 Å². The Bertz CT molecular complexity index is 991. The van der Waals surface area contributed by atoms with Crippen LogP contribution >= 0.6 is 0 Å². The third kappa shape index (κ3) is 4.66. The molecule has 4 rings (SSSR count). The maximum Gasteiger partial charge on any atom is 0.246 e. The summed E-state index contributed by atoms with van der Waals surface area (Å²) in [7, 11) is 1.73. The van der Waals surface area contributed by atoms with Crippen molar-refractivity contribution in [1.29, 1.82) is 0 Å². The average molecular weight is 402 g/mol. The highest BCUT2D eigenvalue weighted by atomic mass is 16.5. The fourth-order valence-electron chi connectivity index (χ4n) is 3.77. The molecule has 0 bridgehead atoms. The van der Waals surface area contributed by atoms with Crippen LogP contribution in [0.15, 0.2) is 67.1 Å². The van der Waals surface area contributed by atoms with E-state index in [9.17, 15) is 4.79 Å². The minimum absolute atomic E-state index is 0.0375. The summed E-state index contributed by atoms with van der Waals surface area (Å²) in [6.07, 6.45) is 11.0. The summed E-state index contributed by atoms with van der Waals surface area (Å²) in [6.45, 7) is 2.32. The Morgan fingerprint density at radius 3 is 2.67 bits per heavy atom. The fourth-order valence-corrected chi connectivity index (χ4v) is 3.77. The van der Waals surface area contributed by atoms with Gasteiger partial charge < -0.3 is 9.64 Å². The Balaban J connectivity index is 1.55. The molecule has 0 saturated carbocycles. The first-order valence-electron chi connectivity index (χ1n) is 10.3. The number of rotatable bonds is 6. The van der Waals surface area contributed by atoms with Crippen LogP contribution in [-0.4, -0.2) is 52.4 Å². The van der Waals surface area contributed by atoms with Crippen molar-refractivity contribution in [2.24, 2.45) is 5.92 Å². The zero-order chi connectivity index (χ0) is 20.8. The molecular weight excluding hydrogens is 376 g/mol. The minimum atomic E-state index is 0.0375. The number of likely N-dealkylation sites (tertiary alicyclic amines) is 1. The molecule has 0 N–H and O–H groups in total. The molecule has 0 aliphatic carbocycles. The van der Waals surface area contributed by atoms with Gasteiger partial charge in [-0.05, 0) is 49.1 Å². The summed E-state index contributed by atoms with van der Waals surface area (Å²) >= 11 is 0. The number of hydrogen-bond donors (Lipinski definition) is 0. The number of pyridine rings is 1. The number of para-hydroxylation sites is 1. The van der Waals surface area contributed by atoms with Crippen LogP contribution in [0.25, 0.3) is 23.0 Å². The predicted molar refractivity (Wildman–Crippen MR) is 117 cm³/mol. The van der Waals surface area contributed by atoms with E-state index in [1.54, 1.807) is 25.6 Å². The van der Waals surface area contributed by atoms with E-state index >= 15 is 0 Å². The molecule has 2 aromatic heterocycles. The number of benzene rings is 1. The average Bonchev–Trinajstić information content (AvgIpc) is 3.24. The van der Waals surface area contributed by atoms with Crippen LogP contribution in [-0.2, 0) is 9.53 Å². The third-order valence-corrected chi connectivity index (χ3v) is 5.43. The molecule has 0 radical (unpaired) electrons. The van der Waals surface area contributed by atoms with E-state index in [1.807, 2.05) is 64.3 Å². The highest BCUT2D eigenvalue weighted by Gasteiger charge is 2.21. The largest absolute Gasteiger partial charge is 0.384 e. The van der Waals surface area contributed by atoms with Crippen molar-refractivity contribution in [3.05, 3.63) is 72.7 Å². The number of carbonyl (C=O) groups excluding carboxylic acids is 1. The van der Waals surface area contributed by atoms with E-state index in [2.05, 4.69) is 4.98 Å². The first-order valence-corrected chi connectivity index (χ1v) is 10.3. The molecular formula is C24H26N4O2. The van der Waals surface area contributed by atoms with Crippen LogP contribution in [0.4, 0.5) is 0 Å². The second-order valence-corrected chi connectivity index (χ2v) is 7.51. The van der Waals surface area contributed by atoms with Crippen molar-refractivity contribution in [2.75, 3.05) is 26.8 Å². The smallest absolute Gasteiger partial charge is 0.246 e. The molecule has 1 fully saturated rings. The number of methoxy groups -OCH3 is 1. The molecule has 0 unspecified atom stereocenters. The van der Waals surface area contributed by atoms with Crippen LogP contribution in [0, 0.1) is 5.92 Å². The zero-order valence-corrected chi connectivity index (χ0v) is 17.1. The maximum absolute atomic E-state index is 12.7. The van der Waals surface area contributed by atoms with Crippen molar-refractivity contribution in [2.45, 2.75) is 12.8 Å². The van der Waals surface area contributed by atoms with Crippen molar-refractivity contribution in [3.8, 4) is 16.9 Å². The van der Waals surface area contributed by atoms with E-state index in [0.717, 1.165) is 55.0 Å². The van der Waals surface area contributed by atoms with Gasteiger partial charge in [0.15, 0.2) is 0 Å². The van der Waals surface area contributed by atoms with Crippen LogP contribution in [0.5, 0.6) is 0 Å². The Kier molecular flexibility index (Phi) is 6.35. The Morgan fingerprint density at radius 2 is 1.97 bits per heavy atom. The lowest BCUT2D eigenvalue weighted by Crippen LogP contribution is -2.38. The molecule has 1 amide bonds. The Hall–Kier alpha value is -3.25. The number of hydrogen-bond acceptors (Lipinski definition) is 4. The second kappa shape index (κ2) is 9.50. The van der Waals surface area contributed by atoms with Crippen LogP contribution < -0.4 is 0 Å². The summed E-state index contributed by atoms with van der Waals surface area (Å²) < 4.78 is 7.08. The number of nitrogens with zero attached hydrogens (tertiary/aromatic N) is 4. The molecule has 30 heavy (non-hydrogen) atoms. The molecule has 1 aliphatic rings. The van der Waals surface area contributed by atoms with Gasteiger partial charge >= 0.3 is 0 Å². The van der Waals surface area contributed by atoms with Gasteiger partial charge in [-0.1, -0.05) is 18.2 Å². The lowest BCUT2D eigenvalue weighted by Gasteiger charge is -2.30. The fraction of sp³-hybridized carbons (Fsp3) is 0.292. The van der Waals surface area contributed by atoms with Crippen LogP contribution in [0.3, 0.4) is 0 Å². The molecule has 6 heteroatoms. The van der Waals surface area contributed by atoms with Crippen LogP contribution in [0.1, 0.15) is 18.4 Å². The number of carbonyl (C=O) groups is 1. The molecule has 6 nitrogen and oxygen atoms in total. The summed E-state index contributed by atoms with van der Waals surface area (Å²) in [5.41, 5.74) is 3.57. The summed E-state index contributed by atoms with van der Waals surface area (Å²) in [6, 6.07) is 13.8. The van der Waals surface area contributed by atoms with Gasteiger partial charge in [-0.3, -0.25) is 9.78 Å². The van der Waals surface area contributed by atoms with E-state index in [-0.39, 0.29) is 5.91 Å². The SMILES string of the molecule is COCC1CCN(C(=O)C=Cc2cn(-c3ccccc3)nc2-c2cccnc2)CC1. The Morgan fingerprint density at radius 1 is 1.17 bits per heavy atom. The van der Waals surface area contributed by atoms with Crippen molar-refractivity contribution in [1.82, 2.24) is 19.7 Å². The number of amides is 1. The summed E-state index contributed by atoms with van der Waals surface area (Å²) in [4.78, 5) is 18.9. The lowest BCUT2D eigenvalue weighted by molar-refractivity contribution is -0.127. The second-order valence-electron chi connectivity index (χ2n) is 7.51. The summed E-state index contributed by atoms with van der Waals surface area (Å²) in [5, 5.41) is 4.76. The van der Waals surface area contributed by atoms with E-state index in [4.69, 9.17) is 9.84 Å². The first kappa shape index (κ1) is 20.0. The lowest BCUT2D eigenvalue weighted by atomic mass is 9.98. The van der Waals surface area contributed by atoms with Crippen molar-refractivity contribution in [3.63, 3.8) is 0 Å². The minimum Gasteiger partial charge on any atom is -0.384 e.